The zero-order chi connectivity index (χ0) is 14.9. The summed E-state index contributed by atoms with van der Waals surface area (Å²) >= 11 is 12.2. The van der Waals surface area contributed by atoms with Gasteiger partial charge in [-0.1, -0.05) is 41.9 Å². The topological polar surface area (TPSA) is 86.3 Å². The predicted molar refractivity (Wildman–Crippen MR) is 73.8 cm³/mol. The van der Waals surface area contributed by atoms with E-state index in [2.05, 4.69) is 0 Å². The highest BCUT2D eigenvalue weighted by Gasteiger charge is 2.49. The number of alkyl halides is 1. The van der Waals surface area contributed by atoms with Crippen molar-refractivity contribution in [2.24, 2.45) is 0 Å². The van der Waals surface area contributed by atoms with Crippen molar-refractivity contribution in [1.82, 2.24) is 0 Å². The molecule has 6 nitrogen and oxygen atoms in total. The van der Waals surface area contributed by atoms with Crippen LogP contribution in [-0.4, -0.2) is 15.9 Å². The normalized spacial score (nSPS) is 25.6. The minimum absolute atomic E-state index is 0.216. The predicted octanol–water partition coefficient (Wildman–Crippen LogP) is 3.06. The lowest BCUT2D eigenvalue weighted by Gasteiger charge is -2.27. The van der Waals surface area contributed by atoms with Gasteiger partial charge in [0.05, 0.1) is 11.0 Å². The van der Waals surface area contributed by atoms with E-state index in [4.69, 9.17) is 23.2 Å². The molecule has 1 aromatic carbocycles. The molecule has 0 fully saturated rings. The summed E-state index contributed by atoms with van der Waals surface area (Å²) in [6.07, 6.45) is 2.03. The minimum atomic E-state index is -1.55. The van der Waals surface area contributed by atoms with Crippen LogP contribution in [0.2, 0.25) is 0 Å². The van der Waals surface area contributed by atoms with Crippen LogP contribution in [0.5, 0.6) is 0 Å². The Morgan fingerprint density at radius 3 is 2.25 bits per heavy atom. The quantitative estimate of drug-likeness (QED) is 0.487. The number of nitrogens with zero attached hydrogens (tertiary/aromatic N) is 2. The number of rotatable bonds is 3. The Morgan fingerprint density at radius 2 is 1.75 bits per heavy atom. The number of halogens is 2. The van der Waals surface area contributed by atoms with Crippen LogP contribution in [0.1, 0.15) is 5.56 Å². The van der Waals surface area contributed by atoms with E-state index in [1.165, 1.54) is 0 Å². The Morgan fingerprint density at radius 1 is 1.15 bits per heavy atom. The zero-order valence-electron chi connectivity index (χ0n) is 9.90. The molecule has 0 radical (unpaired) electrons. The highest BCUT2D eigenvalue weighted by Crippen LogP contribution is 2.42. The standard InChI is InChI=1S/C12H8Cl2N2O4/c13-9-7-12(14,8-4-2-1-3-5-8)11(16(19)20)6-10(9)15(17)18/h1-7,11H. The molecule has 0 spiro atoms. The Labute approximate surface area is 123 Å². The summed E-state index contributed by atoms with van der Waals surface area (Å²) in [5.41, 5.74) is -0.0688. The second-order valence-electron chi connectivity index (χ2n) is 4.17. The summed E-state index contributed by atoms with van der Waals surface area (Å²) in [5.74, 6) is 0. The fourth-order valence-corrected chi connectivity index (χ4v) is 2.74. The number of nitro groups is 2. The molecule has 0 amide bonds. The summed E-state index contributed by atoms with van der Waals surface area (Å²) in [7, 11) is 0. The maximum Gasteiger partial charge on any atom is 0.290 e. The van der Waals surface area contributed by atoms with Gasteiger partial charge in [-0.25, -0.2) is 0 Å². The van der Waals surface area contributed by atoms with E-state index in [-0.39, 0.29) is 5.03 Å². The SMILES string of the molecule is O=[N+]([O-])C1=CC([N+](=O)[O-])C(Cl)(c2ccccc2)C=C1Cl. The maximum atomic E-state index is 11.2. The van der Waals surface area contributed by atoms with E-state index in [0.717, 1.165) is 12.2 Å². The van der Waals surface area contributed by atoms with E-state index in [1.807, 2.05) is 0 Å². The first-order chi connectivity index (χ1) is 9.36. The van der Waals surface area contributed by atoms with Crippen LogP contribution in [0.4, 0.5) is 0 Å². The van der Waals surface area contributed by atoms with Gasteiger partial charge in [-0.2, -0.15) is 0 Å². The lowest BCUT2D eigenvalue weighted by molar-refractivity contribution is -0.517. The van der Waals surface area contributed by atoms with E-state index in [0.29, 0.717) is 5.56 Å². The van der Waals surface area contributed by atoms with E-state index >= 15 is 0 Å². The van der Waals surface area contributed by atoms with Crippen LogP contribution < -0.4 is 0 Å². The van der Waals surface area contributed by atoms with Crippen molar-refractivity contribution < 1.29 is 9.85 Å². The lowest BCUT2D eigenvalue weighted by atomic mass is 9.86. The second kappa shape index (κ2) is 5.22. The van der Waals surface area contributed by atoms with Crippen LogP contribution in [0.25, 0.3) is 0 Å². The average Bonchev–Trinajstić information content (AvgIpc) is 2.38. The summed E-state index contributed by atoms with van der Waals surface area (Å²) in [5, 5.41) is 21.8. The molecule has 0 bridgehead atoms. The molecule has 1 aromatic rings. The second-order valence-corrected chi connectivity index (χ2v) is 5.20. The van der Waals surface area contributed by atoms with Crippen LogP contribution in [0.3, 0.4) is 0 Å². The first kappa shape index (κ1) is 14.5. The molecule has 0 aliphatic heterocycles. The van der Waals surface area contributed by atoms with Gasteiger partial charge < -0.3 is 0 Å². The smallest absolute Gasteiger partial charge is 0.264 e. The molecule has 8 heteroatoms. The number of hydrogen-bond donors (Lipinski definition) is 0. The number of hydrogen-bond acceptors (Lipinski definition) is 4. The van der Waals surface area contributed by atoms with Crippen molar-refractivity contribution in [2.45, 2.75) is 10.9 Å². The van der Waals surface area contributed by atoms with Gasteiger partial charge >= 0.3 is 0 Å². The van der Waals surface area contributed by atoms with Gasteiger partial charge in [-0.15, -0.1) is 11.6 Å². The molecule has 0 saturated heterocycles. The van der Waals surface area contributed by atoms with Crippen molar-refractivity contribution in [3.63, 3.8) is 0 Å². The Bertz CT molecular complexity index is 630. The molecular formula is C12H8Cl2N2O4. The molecule has 0 saturated carbocycles. The molecule has 0 N–H and O–H groups in total. The first-order valence-electron chi connectivity index (χ1n) is 5.49. The van der Waals surface area contributed by atoms with E-state index in [9.17, 15) is 20.2 Å². The third-order valence-electron chi connectivity index (χ3n) is 2.97. The largest absolute Gasteiger partial charge is 0.290 e. The van der Waals surface area contributed by atoms with Crippen molar-refractivity contribution in [2.75, 3.05) is 0 Å². The number of allylic oxidation sites excluding steroid dienone is 1. The summed E-state index contributed by atoms with van der Waals surface area (Å²) in [6.45, 7) is 0. The van der Waals surface area contributed by atoms with Gasteiger partial charge in [0.2, 0.25) is 0 Å². The lowest BCUT2D eigenvalue weighted by Crippen LogP contribution is -2.40. The van der Waals surface area contributed by atoms with E-state index in [1.54, 1.807) is 30.3 Å². The van der Waals surface area contributed by atoms with Crippen molar-refractivity contribution >= 4 is 23.2 Å². The van der Waals surface area contributed by atoms with Gasteiger partial charge in [0, 0.05) is 4.92 Å². The third kappa shape index (κ3) is 2.39. The average molecular weight is 315 g/mol. The van der Waals surface area contributed by atoms with Crippen LogP contribution in [0.15, 0.2) is 53.2 Å². The molecule has 104 valence electrons. The van der Waals surface area contributed by atoms with Gasteiger partial charge in [0.15, 0.2) is 4.87 Å². The van der Waals surface area contributed by atoms with Crippen LogP contribution in [-0.2, 0) is 4.87 Å². The Hall–Kier alpha value is -1.92. The molecule has 1 aliphatic carbocycles. The third-order valence-corrected chi connectivity index (χ3v) is 3.82. The summed E-state index contributed by atoms with van der Waals surface area (Å²) < 4.78 is 0. The van der Waals surface area contributed by atoms with Gasteiger partial charge in [-0.05, 0) is 11.6 Å². The molecule has 2 rings (SSSR count). The fraction of sp³-hybridized carbons (Fsp3) is 0.167. The molecule has 0 heterocycles. The maximum absolute atomic E-state index is 11.2. The van der Waals surface area contributed by atoms with Crippen molar-refractivity contribution in [1.29, 1.82) is 0 Å². The van der Waals surface area contributed by atoms with Gasteiger partial charge in [0.1, 0.15) is 5.03 Å². The molecule has 2 atom stereocenters. The summed E-state index contributed by atoms with van der Waals surface area (Å²) in [6, 6.07) is 6.81. The minimum Gasteiger partial charge on any atom is -0.264 e. The fourth-order valence-electron chi connectivity index (χ4n) is 2.00. The van der Waals surface area contributed by atoms with Crippen LogP contribution >= 0.6 is 23.2 Å². The monoisotopic (exact) mass is 314 g/mol. The molecule has 20 heavy (non-hydrogen) atoms. The van der Waals surface area contributed by atoms with E-state index < -0.39 is 26.5 Å². The van der Waals surface area contributed by atoms with Crippen LogP contribution in [0, 0.1) is 20.2 Å². The zero-order valence-corrected chi connectivity index (χ0v) is 11.4. The molecule has 1 aliphatic rings. The molecular weight excluding hydrogens is 307 g/mol. The number of benzene rings is 1. The van der Waals surface area contributed by atoms with Crippen molar-refractivity contribution in [3.05, 3.63) is 79.0 Å². The first-order valence-corrected chi connectivity index (χ1v) is 6.24. The van der Waals surface area contributed by atoms with Crippen molar-refractivity contribution in [3.8, 4) is 0 Å². The Kier molecular flexibility index (Phi) is 3.78. The molecule has 2 unspecified atom stereocenters. The van der Waals surface area contributed by atoms with Gasteiger partial charge in [-0.3, -0.25) is 20.2 Å². The van der Waals surface area contributed by atoms with Gasteiger partial charge in [0.25, 0.3) is 11.7 Å². The Balaban J connectivity index is 2.59. The highest BCUT2D eigenvalue weighted by molar-refractivity contribution is 6.34. The highest BCUT2D eigenvalue weighted by atomic mass is 35.5. The molecule has 0 aromatic heterocycles. The summed E-state index contributed by atoms with van der Waals surface area (Å²) in [4.78, 5) is 19.0.